The second-order valence-electron chi connectivity index (χ2n) is 4.35. The molecule has 0 spiro atoms. The van der Waals surface area contributed by atoms with Crippen molar-refractivity contribution in [3.05, 3.63) is 0 Å². The lowest BCUT2D eigenvalue weighted by molar-refractivity contribution is 0.118. The topological polar surface area (TPSA) is 9.23 Å². The molecule has 2 heteroatoms. The minimum absolute atomic E-state index is 0.401. The molecule has 14 heavy (non-hydrogen) atoms. The van der Waals surface area contributed by atoms with Crippen molar-refractivity contribution >= 4 is 11.6 Å². The highest BCUT2D eigenvalue weighted by atomic mass is 35.5. The predicted octanol–water partition coefficient (Wildman–Crippen LogP) is 3.85. The van der Waals surface area contributed by atoms with Crippen molar-refractivity contribution in [3.63, 3.8) is 0 Å². The average Bonchev–Trinajstić information content (AvgIpc) is 2.21. The molecule has 0 bridgehead atoms. The normalized spacial score (nSPS) is 33.2. The lowest BCUT2D eigenvalue weighted by Crippen LogP contribution is -2.26. The maximum absolute atomic E-state index is 6.33. The lowest BCUT2D eigenvalue weighted by Gasteiger charge is -2.32. The smallest absolute Gasteiger partial charge is 0.0469 e. The molecule has 3 unspecified atom stereocenters. The Bertz CT molecular complexity index is 149. The summed E-state index contributed by atoms with van der Waals surface area (Å²) in [6.45, 7) is 6.06. The van der Waals surface area contributed by atoms with E-state index in [2.05, 4.69) is 6.92 Å². The van der Waals surface area contributed by atoms with E-state index in [0.29, 0.717) is 11.3 Å². The van der Waals surface area contributed by atoms with E-state index in [1.165, 1.54) is 25.7 Å². The number of alkyl halides is 1. The molecule has 0 amide bonds. The standard InChI is InChI=1S/C12H23ClO/c1-3-10-5-6-12(13)11(9-10)7-8-14-4-2/h10-12H,3-9H2,1-2H3. The van der Waals surface area contributed by atoms with Crippen molar-refractivity contribution in [1.29, 1.82) is 0 Å². The van der Waals surface area contributed by atoms with Crippen molar-refractivity contribution in [3.8, 4) is 0 Å². The third-order valence-electron chi connectivity index (χ3n) is 3.41. The Morgan fingerprint density at radius 1 is 1.29 bits per heavy atom. The minimum Gasteiger partial charge on any atom is -0.382 e. The van der Waals surface area contributed by atoms with Crippen LogP contribution in [0, 0.1) is 11.8 Å². The molecule has 0 aromatic rings. The molecule has 1 fully saturated rings. The van der Waals surface area contributed by atoms with Gasteiger partial charge in [-0.3, -0.25) is 0 Å². The summed E-state index contributed by atoms with van der Waals surface area (Å²) in [7, 11) is 0. The van der Waals surface area contributed by atoms with E-state index < -0.39 is 0 Å². The van der Waals surface area contributed by atoms with Crippen molar-refractivity contribution < 1.29 is 4.74 Å². The fraction of sp³-hybridized carbons (Fsp3) is 1.00. The Morgan fingerprint density at radius 3 is 2.71 bits per heavy atom. The monoisotopic (exact) mass is 218 g/mol. The second-order valence-corrected chi connectivity index (χ2v) is 4.91. The third kappa shape index (κ3) is 3.78. The summed E-state index contributed by atoms with van der Waals surface area (Å²) in [5.74, 6) is 1.61. The van der Waals surface area contributed by atoms with E-state index in [-0.39, 0.29) is 0 Å². The molecule has 3 atom stereocenters. The van der Waals surface area contributed by atoms with Gasteiger partial charge >= 0.3 is 0 Å². The molecule has 1 saturated carbocycles. The Morgan fingerprint density at radius 2 is 2.07 bits per heavy atom. The van der Waals surface area contributed by atoms with Crippen LogP contribution in [0.1, 0.15) is 46.0 Å². The van der Waals surface area contributed by atoms with Crippen LogP contribution in [0.25, 0.3) is 0 Å². The largest absolute Gasteiger partial charge is 0.382 e. The summed E-state index contributed by atoms with van der Waals surface area (Å²) in [6, 6.07) is 0. The molecule has 0 aliphatic heterocycles. The van der Waals surface area contributed by atoms with Crippen LogP contribution in [-0.4, -0.2) is 18.6 Å². The number of hydrogen-bond acceptors (Lipinski definition) is 1. The first-order chi connectivity index (χ1) is 6.77. The SMILES string of the molecule is CCOCCC1CC(CC)CCC1Cl. The summed E-state index contributed by atoms with van der Waals surface area (Å²) in [4.78, 5) is 0. The van der Waals surface area contributed by atoms with Crippen molar-refractivity contribution in [2.24, 2.45) is 11.8 Å². The number of ether oxygens (including phenoxy) is 1. The van der Waals surface area contributed by atoms with E-state index in [9.17, 15) is 0 Å². The fourth-order valence-electron chi connectivity index (χ4n) is 2.37. The minimum atomic E-state index is 0.401. The first-order valence-corrected chi connectivity index (χ1v) is 6.43. The molecular weight excluding hydrogens is 196 g/mol. The molecule has 0 radical (unpaired) electrons. The van der Waals surface area contributed by atoms with E-state index in [0.717, 1.165) is 25.6 Å². The highest BCUT2D eigenvalue weighted by molar-refractivity contribution is 6.20. The van der Waals surface area contributed by atoms with Crippen LogP contribution >= 0.6 is 11.6 Å². The Labute approximate surface area is 93.2 Å². The van der Waals surface area contributed by atoms with Crippen LogP contribution in [0.3, 0.4) is 0 Å². The number of hydrogen-bond donors (Lipinski definition) is 0. The lowest BCUT2D eigenvalue weighted by atomic mass is 9.78. The zero-order valence-corrected chi connectivity index (χ0v) is 10.2. The first kappa shape index (κ1) is 12.3. The predicted molar refractivity (Wildman–Crippen MR) is 61.9 cm³/mol. The summed E-state index contributed by atoms with van der Waals surface area (Å²) in [5, 5.41) is 0.401. The van der Waals surface area contributed by atoms with Gasteiger partial charge in [-0.05, 0) is 44.4 Å². The van der Waals surface area contributed by atoms with Crippen LogP contribution in [0.15, 0.2) is 0 Å². The van der Waals surface area contributed by atoms with Gasteiger partial charge in [0.25, 0.3) is 0 Å². The highest BCUT2D eigenvalue weighted by Gasteiger charge is 2.27. The first-order valence-electron chi connectivity index (χ1n) is 5.99. The number of halogens is 1. The number of rotatable bonds is 5. The fourth-order valence-corrected chi connectivity index (χ4v) is 2.73. The van der Waals surface area contributed by atoms with Crippen LogP contribution in [-0.2, 0) is 4.74 Å². The van der Waals surface area contributed by atoms with E-state index >= 15 is 0 Å². The van der Waals surface area contributed by atoms with Gasteiger partial charge in [0.2, 0.25) is 0 Å². The molecule has 0 saturated heterocycles. The van der Waals surface area contributed by atoms with Gasteiger partial charge in [0.05, 0.1) is 0 Å². The van der Waals surface area contributed by atoms with Crippen LogP contribution in [0.2, 0.25) is 0 Å². The summed E-state index contributed by atoms with van der Waals surface area (Å²) in [6.07, 6.45) is 6.32. The average molecular weight is 219 g/mol. The van der Waals surface area contributed by atoms with Crippen LogP contribution in [0.4, 0.5) is 0 Å². The molecule has 1 aliphatic rings. The van der Waals surface area contributed by atoms with Gasteiger partial charge in [-0.25, -0.2) is 0 Å². The van der Waals surface area contributed by atoms with Gasteiger partial charge in [0.1, 0.15) is 0 Å². The summed E-state index contributed by atoms with van der Waals surface area (Å²) < 4.78 is 5.39. The van der Waals surface area contributed by atoms with Crippen LogP contribution in [0.5, 0.6) is 0 Å². The van der Waals surface area contributed by atoms with Crippen LogP contribution < -0.4 is 0 Å². The molecule has 0 aromatic heterocycles. The molecule has 0 N–H and O–H groups in total. The Kier molecular flexibility index (Phi) is 5.88. The quantitative estimate of drug-likeness (QED) is 0.503. The molecule has 1 aliphatic carbocycles. The van der Waals surface area contributed by atoms with Gasteiger partial charge in [-0.2, -0.15) is 0 Å². The van der Waals surface area contributed by atoms with Gasteiger partial charge in [0.15, 0.2) is 0 Å². The van der Waals surface area contributed by atoms with Crippen molar-refractivity contribution in [1.82, 2.24) is 0 Å². The maximum atomic E-state index is 6.33. The molecule has 0 aromatic carbocycles. The second kappa shape index (κ2) is 6.68. The van der Waals surface area contributed by atoms with Gasteiger partial charge in [-0.15, -0.1) is 11.6 Å². The van der Waals surface area contributed by atoms with Gasteiger partial charge in [0, 0.05) is 18.6 Å². The summed E-state index contributed by atoms with van der Waals surface area (Å²) >= 11 is 6.33. The summed E-state index contributed by atoms with van der Waals surface area (Å²) in [5.41, 5.74) is 0. The molecule has 1 rings (SSSR count). The molecule has 84 valence electrons. The Balaban J connectivity index is 2.25. The van der Waals surface area contributed by atoms with Crippen molar-refractivity contribution in [2.75, 3.05) is 13.2 Å². The van der Waals surface area contributed by atoms with Gasteiger partial charge < -0.3 is 4.74 Å². The van der Waals surface area contributed by atoms with Gasteiger partial charge in [-0.1, -0.05) is 13.3 Å². The third-order valence-corrected chi connectivity index (χ3v) is 3.99. The molecule has 1 nitrogen and oxygen atoms in total. The van der Waals surface area contributed by atoms with Crippen molar-refractivity contribution in [2.45, 2.75) is 51.3 Å². The van der Waals surface area contributed by atoms with E-state index in [1.807, 2.05) is 6.92 Å². The molecule has 0 heterocycles. The van der Waals surface area contributed by atoms with E-state index in [1.54, 1.807) is 0 Å². The zero-order valence-electron chi connectivity index (χ0n) is 9.47. The maximum Gasteiger partial charge on any atom is 0.0469 e. The van der Waals surface area contributed by atoms with E-state index in [4.69, 9.17) is 16.3 Å². The zero-order chi connectivity index (χ0) is 10.4. The molecular formula is C12H23ClO. The highest BCUT2D eigenvalue weighted by Crippen LogP contribution is 2.36. The Hall–Kier alpha value is 0.250.